The highest BCUT2D eigenvalue weighted by Crippen LogP contribution is 2.19. The van der Waals surface area contributed by atoms with E-state index in [1.165, 1.54) is 47.2 Å². The number of imide groups is 3. The van der Waals surface area contributed by atoms with E-state index in [0.29, 0.717) is 12.8 Å². The maximum absolute atomic E-state index is 12.0. The Labute approximate surface area is 412 Å². The zero-order chi connectivity index (χ0) is 55.0. The number of aromatic nitrogens is 2. The molecule has 390 valence electrons. The predicted molar refractivity (Wildman–Crippen MR) is 249 cm³/mol. The minimum atomic E-state index is -1.18. The number of carbonyl (C=O) groups is 10. The van der Waals surface area contributed by atoms with Crippen molar-refractivity contribution in [1.29, 1.82) is 0 Å². The van der Waals surface area contributed by atoms with Crippen LogP contribution in [-0.4, -0.2) is 95.9 Å². The lowest BCUT2D eigenvalue weighted by Gasteiger charge is -2.24. The smallest absolute Gasteiger partial charge is 0.341 e. The average Bonchev–Trinajstić information content (AvgIpc) is 3.28. The van der Waals surface area contributed by atoms with Crippen LogP contribution in [0.1, 0.15) is 134 Å². The van der Waals surface area contributed by atoms with Gasteiger partial charge in [0.15, 0.2) is 0 Å². The van der Waals surface area contributed by atoms with E-state index in [0.717, 1.165) is 35.4 Å². The third-order valence-corrected chi connectivity index (χ3v) is 9.41. The summed E-state index contributed by atoms with van der Waals surface area (Å²) in [6, 6.07) is 7.52. The van der Waals surface area contributed by atoms with Crippen molar-refractivity contribution in [3.05, 3.63) is 137 Å². The van der Waals surface area contributed by atoms with Gasteiger partial charge in [-0.2, -0.15) is 0 Å². The van der Waals surface area contributed by atoms with Gasteiger partial charge < -0.3 is 43.4 Å². The number of carbonyl (C=O) groups excluding carboxylic acids is 8. The lowest BCUT2D eigenvalue weighted by atomic mass is 10.1. The molecule has 7 heterocycles. The molecule has 0 aromatic carbocycles. The molecule has 26 nitrogen and oxygen atoms in total. The number of nitrogens with zero attached hydrogens (tertiary/aromatic N) is 2. The normalized spacial score (nSPS) is 17.3. The number of hydrogen-bond acceptors (Lipinski definition) is 19. The van der Waals surface area contributed by atoms with Crippen LogP contribution in [0.4, 0.5) is 0 Å². The predicted octanol–water partition coefficient (Wildman–Crippen LogP) is 0.989. The van der Waals surface area contributed by atoms with Crippen LogP contribution >= 0.6 is 0 Å². The number of esters is 2. The first-order valence-corrected chi connectivity index (χ1v) is 21.8. The second-order valence-corrected chi connectivity index (χ2v) is 17.6. The van der Waals surface area contributed by atoms with Crippen molar-refractivity contribution in [2.75, 3.05) is 0 Å². The highest BCUT2D eigenvalue weighted by atomic mass is 16.6. The first-order chi connectivity index (χ1) is 33.9. The van der Waals surface area contributed by atoms with Gasteiger partial charge in [-0.05, 0) is 85.1 Å². The number of carboxylic acid groups (broad SMARTS) is 2. The van der Waals surface area contributed by atoms with Crippen LogP contribution in [0.2, 0.25) is 0 Å². The monoisotopic (exact) mass is 1020 g/mol. The number of rotatable bonds is 6. The summed E-state index contributed by atoms with van der Waals surface area (Å²) in [6.45, 7) is 10.5. The molecule has 73 heavy (non-hydrogen) atoms. The summed E-state index contributed by atoms with van der Waals surface area (Å²) >= 11 is 0. The summed E-state index contributed by atoms with van der Waals surface area (Å²) in [6.07, 6.45) is 5.95. The first kappa shape index (κ1) is 58.4. The second-order valence-electron chi connectivity index (χ2n) is 17.6. The number of aromatic carboxylic acids is 2. The zero-order valence-electron chi connectivity index (χ0n) is 40.1. The van der Waals surface area contributed by atoms with Gasteiger partial charge in [-0.3, -0.25) is 54.3 Å². The van der Waals surface area contributed by atoms with Gasteiger partial charge in [0.25, 0.3) is 11.1 Å². The second kappa shape index (κ2) is 25.8. The van der Waals surface area contributed by atoms with Gasteiger partial charge in [0.2, 0.25) is 35.4 Å². The van der Waals surface area contributed by atoms with Crippen LogP contribution in [0.3, 0.4) is 0 Å². The van der Waals surface area contributed by atoms with E-state index < -0.39 is 93.3 Å². The molecule has 4 aromatic heterocycles. The van der Waals surface area contributed by atoms with Gasteiger partial charge in [0.05, 0.1) is 28.3 Å². The van der Waals surface area contributed by atoms with Gasteiger partial charge in [-0.1, -0.05) is 0 Å². The van der Waals surface area contributed by atoms with E-state index in [2.05, 4.69) is 24.8 Å². The Kier molecular flexibility index (Phi) is 20.6. The number of nitrogens with one attached hydrogen (secondary N) is 3. The first-order valence-electron chi connectivity index (χ1n) is 21.8. The Hall–Kier alpha value is -8.94. The average molecular weight is 1020 g/mol. The fourth-order valence-corrected chi connectivity index (χ4v) is 5.97. The highest BCUT2D eigenvalue weighted by molar-refractivity contribution is 6.01. The van der Waals surface area contributed by atoms with E-state index in [4.69, 9.17) is 25.4 Å². The van der Waals surface area contributed by atoms with Gasteiger partial charge in [-0.25, -0.2) is 28.8 Å². The van der Waals surface area contributed by atoms with Crippen molar-refractivity contribution >= 4 is 59.3 Å². The Morgan fingerprint density at radius 1 is 0.521 bits per heavy atom. The number of nitrogens with two attached hydrogens (primary N) is 1. The molecule has 3 aliphatic heterocycles. The summed E-state index contributed by atoms with van der Waals surface area (Å²) in [7, 11) is 0. The van der Waals surface area contributed by atoms with Crippen molar-refractivity contribution in [1.82, 2.24) is 25.1 Å². The molecule has 0 radical (unpaired) electrons. The number of hydrogen-bond donors (Lipinski definition) is 6. The maximum atomic E-state index is 12.0. The maximum Gasteiger partial charge on any atom is 0.341 e. The van der Waals surface area contributed by atoms with Gasteiger partial charge in [0.1, 0.15) is 35.8 Å². The topological polar surface area (TPSA) is 396 Å². The van der Waals surface area contributed by atoms with Crippen molar-refractivity contribution in [2.24, 2.45) is 5.73 Å². The van der Waals surface area contributed by atoms with E-state index in [9.17, 15) is 67.1 Å². The molecule has 3 unspecified atom stereocenters. The Balaban J connectivity index is 0.000000250. The lowest BCUT2D eigenvalue weighted by molar-refractivity contribution is -0.137. The van der Waals surface area contributed by atoms with Crippen molar-refractivity contribution in [3.8, 4) is 0 Å². The van der Waals surface area contributed by atoms with Crippen LogP contribution in [0.5, 0.6) is 0 Å². The number of ether oxygens (including phenoxy) is 2. The van der Waals surface area contributed by atoms with Crippen LogP contribution in [-0.2, 0) is 38.2 Å². The minimum absolute atomic E-state index is 0.0281. The van der Waals surface area contributed by atoms with Crippen LogP contribution in [0.25, 0.3) is 0 Å². The van der Waals surface area contributed by atoms with Crippen molar-refractivity contribution in [2.45, 2.75) is 109 Å². The molecule has 7 N–H and O–H groups in total. The number of carboxylic acids is 2. The summed E-state index contributed by atoms with van der Waals surface area (Å²) in [4.78, 5) is 155. The molecule has 0 spiro atoms. The number of pyridine rings is 2. The van der Waals surface area contributed by atoms with Crippen LogP contribution in [0, 0.1) is 0 Å². The minimum Gasteiger partial charge on any atom is -0.478 e. The van der Waals surface area contributed by atoms with E-state index in [-0.39, 0.29) is 65.7 Å². The molecule has 3 atom stereocenters. The summed E-state index contributed by atoms with van der Waals surface area (Å²) in [5.74, 6) is -5.82. The van der Waals surface area contributed by atoms with Crippen molar-refractivity contribution in [3.63, 3.8) is 0 Å². The Bertz CT molecular complexity index is 2970. The number of amides is 6. The highest BCUT2D eigenvalue weighted by Gasteiger charge is 2.31. The molecule has 7 rings (SSSR count). The third kappa shape index (κ3) is 19.4. The molecule has 6 amide bonds. The summed E-state index contributed by atoms with van der Waals surface area (Å²) < 4.78 is 21.3. The van der Waals surface area contributed by atoms with Crippen LogP contribution in [0.15, 0.2) is 101 Å². The van der Waals surface area contributed by atoms with E-state index >= 15 is 0 Å². The fourth-order valence-electron chi connectivity index (χ4n) is 5.97. The molecule has 4 aromatic rings. The van der Waals surface area contributed by atoms with Gasteiger partial charge >= 0.3 is 35.1 Å². The fraction of sp³-hybridized carbons (Fsp3) is 0.362. The molecular formula is C47H52N6O20. The molecule has 0 saturated carbocycles. The number of piperidine rings is 3. The third-order valence-electron chi connectivity index (χ3n) is 9.41. The van der Waals surface area contributed by atoms with Crippen LogP contribution < -0.4 is 44.1 Å². The Morgan fingerprint density at radius 3 is 1.23 bits per heavy atom. The van der Waals surface area contributed by atoms with E-state index in [1.807, 2.05) is 0 Å². The van der Waals surface area contributed by atoms with Gasteiger partial charge in [-0.15, -0.1) is 0 Å². The summed E-state index contributed by atoms with van der Waals surface area (Å²) in [5, 5.41) is 23.6. The van der Waals surface area contributed by atoms with Crippen molar-refractivity contribution < 1.29 is 76.5 Å². The molecule has 0 bridgehead atoms. The molecular weight excluding hydrogens is 969 g/mol. The van der Waals surface area contributed by atoms with E-state index in [1.54, 1.807) is 41.5 Å². The quantitative estimate of drug-likeness (QED) is 0.116. The standard InChI is InChI=1S/C15H18N2O5.C11H10N2O5.C10H12O4.C6H4O4.C5H8N2O2/c1-15(2,3)22-14(21)9-4-7-12(19)17(8-9)10-5-6-11(18)16-13(10)20;14-8-3-2-7(10(16)12-8)13-5-6(11(17)18)1-4-9(13)15;1-10(2,3)14-9(12)7-4-5-8(11)13-6-7;7-5-2-1-4(3-10-5)6(8)9;6-3-1-2-4(8)7-5(3)9/h4,7-8,10H,5-6H2,1-3H3,(H,16,18,20);1,4-5,7H,2-3H2,(H,17,18)(H,12,14,16);4-6H,1-3H3;1-3H,(H,8,9);3H,1-2,6H2,(H,7,8,9). The molecule has 3 saturated heterocycles. The lowest BCUT2D eigenvalue weighted by Crippen LogP contribution is -2.48. The largest absolute Gasteiger partial charge is 0.478 e. The Morgan fingerprint density at radius 2 is 0.877 bits per heavy atom. The molecule has 0 aliphatic carbocycles. The SMILES string of the molecule is CC(C)(C)OC(=O)c1ccc(=O)n(C2CCC(=O)NC2=O)c1.CC(C)(C)OC(=O)c1ccc(=O)oc1.NC1CCC(=O)NC1=O.O=C(O)c1ccc(=O)oc1.O=C1CCC(n2cc(C(=O)O)ccc2=O)C(=O)N1. The van der Waals surface area contributed by atoms with Gasteiger partial charge in [0, 0.05) is 55.9 Å². The zero-order valence-corrected chi connectivity index (χ0v) is 40.1. The molecule has 3 fully saturated rings. The molecule has 3 aliphatic rings. The summed E-state index contributed by atoms with van der Waals surface area (Å²) in [5.41, 5.74) is 2.44. The molecule has 26 heteroatoms.